The van der Waals surface area contributed by atoms with Crippen molar-refractivity contribution in [2.24, 2.45) is 0 Å². The van der Waals surface area contributed by atoms with Gasteiger partial charge in [0.2, 0.25) is 5.95 Å². The first-order valence-electron chi connectivity index (χ1n) is 5.37. The van der Waals surface area contributed by atoms with E-state index in [4.69, 9.17) is 5.11 Å². The molecule has 0 fully saturated rings. The molecule has 2 heterocycles. The third kappa shape index (κ3) is 2.84. The number of hydrogen-bond donors (Lipinski definition) is 1. The fourth-order valence-electron chi connectivity index (χ4n) is 1.56. The first-order chi connectivity index (χ1) is 8.56. The molecular weight excluding hydrogens is 250 g/mol. The van der Waals surface area contributed by atoms with E-state index in [-0.39, 0.29) is 5.69 Å². The Bertz CT molecular complexity index is 554. The molecule has 0 aliphatic carbocycles. The molecule has 0 bridgehead atoms. The third-order valence-corrected chi connectivity index (χ3v) is 3.13. The lowest BCUT2D eigenvalue weighted by molar-refractivity contribution is 0.0690. The summed E-state index contributed by atoms with van der Waals surface area (Å²) < 4.78 is 0. The Morgan fingerprint density at radius 1 is 1.50 bits per heavy atom. The SMILES string of the molecule is Cc1cc(C(=O)O)nc(N(C)Cc2ccsc2)n1. The fraction of sp³-hybridized carbons (Fsp3) is 0.250. The Morgan fingerprint density at radius 3 is 2.89 bits per heavy atom. The highest BCUT2D eigenvalue weighted by Gasteiger charge is 2.12. The predicted molar refractivity (Wildman–Crippen MR) is 70.2 cm³/mol. The fourth-order valence-corrected chi connectivity index (χ4v) is 2.22. The summed E-state index contributed by atoms with van der Waals surface area (Å²) in [5.41, 5.74) is 1.83. The van der Waals surface area contributed by atoms with Crippen molar-refractivity contribution in [1.29, 1.82) is 0 Å². The van der Waals surface area contributed by atoms with E-state index in [1.807, 2.05) is 28.8 Å². The van der Waals surface area contributed by atoms with Crippen molar-refractivity contribution < 1.29 is 9.90 Å². The number of carbonyl (C=O) groups is 1. The van der Waals surface area contributed by atoms with Crippen molar-refractivity contribution in [2.45, 2.75) is 13.5 Å². The van der Waals surface area contributed by atoms with Crippen LogP contribution >= 0.6 is 11.3 Å². The van der Waals surface area contributed by atoms with Gasteiger partial charge in [-0.15, -0.1) is 0 Å². The number of nitrogens with zero attached hydrogens (tertiary/aromatic N) is 3. The number of carboxylic acid groups (broad SMARTS) is 1. The summed E-state index contributed by atoms with van der Waals surface area (Å²) in [6, 6.07) is 3.49. The summed E-state index contributed by atoms with van der Waals surface area (Å²) in [5.74, 6) is -0.607. The smallest absolute Gasteiger partial charge is 0.354 e. The number of aryl methyl sites for hydroxylation is 1. The summed E-state index contributed by atoms with van der Waals surface area (Å²) in [6.07, 6.45) is 0. The molecule has 0 atom stereocenters. The van der Waals surface area contributed by atoms with Gasteiger partial charge < -0.3 is 10.0 Å². The van der Waals surface area contributed by atoms with Crippen LogP contribution < -0.4 is 4.90 Å². The zero-order valence-corrected chi connectivity index (χ0v) is 10.9. The topological polar surface area (TPSA) is 66.3 Å². The number of aromatic carboxylic acids is 1. The van der Waals surface area contributed by atoms with Gasteiger partial charge in [-0.05, 0) is 35.4 Å². The molecule has 0 unspecified atom stereocenters. The van der Waals surface area contributed by atoms with E-state index < -0.39 is 5.97 Å². The van der Waals surface area contributed by atoms with Crippen molar-refractivity contribution in [1.82, 2.24) is 9.97 Å². The highest BCUT2D eigenvalue weighted by molar-refractivity contribution is 7.07. The van der Waals surface area contributed by atoms with Gasteiger partial charge in [0, 0.05) is 19.3 Å². The van der Waals surface area contributed by atoms with Crippen LogP contribution in [-0.2, 0) is 6.54 Å². The molecule has 0 saturated heterocycles. The molecule has 5 nitrogen and oxygen atoms in total. The van der Waals surface area contributed by atoms with E-state index in [0.717, 1.165) is 5.56 Å². The number of anilines is 1. The lowest BCUT2D eigenvalue weighted by atomic mass is 10.3. The van der Waals surface area contributed by atoms with E-state index in [0.29, 0.717) is 18.2 Å². The molecule has 0 aromatic carbocycles. The molecule has 0 aliphatic heterocycles. The summed E-state index contributed by atoms with van der Waals surface area (Å²) >= 11 is 1.63. The maximum Gasteiger partial charge on any atom is 0.354 e. The molecule has 2 aromatic rings. The average molecular weight is 263 g/mol. The first kappa shape index (κ1) is 12.5. The minimum absolute atomic E-state index is 0.0228. The molecule has 0 amide bonds. The van der Waals surface area contributed by atoms with Crippen LogP contribution in [0.3, 0.4) is 0 Å². The molecule has 0 spiro atoms. The van der Waals surface area contributed by atoms with Gasteiger partial charge in [0.1, 0.15) is 0 Å². The van der Waals surface area contributed by atoms with Crippen molar-refractivity contribution in [2.75, 3.05) is 11.9 Å². The van der Waals surface area contributed by atoms with Crippen LogP contribution in [0.4, 0.5) is 5.95 Å². The van der Waals surface area contributed by atoms with Crippen LogP contribution in [0.15, 0.2) is 22.9 Å². The van der Waals surface area contributed by atoms with E-state index in [2.05, 4.69) is 9.97 Å². The van der Waals surface area contributed by atoms with Gasteiger partial charge in [0.15, 0.2) is 5.69 Å². The quantitative estimate of drug-likeness (QED) is 0.915. The van der Waals surface area contributed by atoms with Crippen LogP contribution in [0.1, 0.15) is 21.7 Å². The molecule has 18 heavy (non-hydrogen) atoms. The molecule has 2 rings (SSSR count). The van der Waals surface area contributed by atoms with E-state index in [1.54, 1.807) is 18.3 Å². The van der Waals surface area contributed by atoms with Gasteiger partial charge in [-0.25, -0.2) is 14.8 Å². The summed E-state index contributed by atoms with van der Waals surface area (Å²) in [5, 5.41) is 13.0. The molecule has 0 radical (unpaired) electrons. The molecule has 2 aromatic heterocycles. The minimum atomic E-state index is -1.04. The Kier molecular flexibility index (Phi) is 3.57. The third-order valence-electron chi connectivity index (χ3n) is 2.40. The van der Waals surface area contributed by atoms with Crippen LogP contribution in [0.5, 0.6) is 0 Å². The Labute approximate surface area is 109 Å². The van der Waals surface area contributed by atoms with Crippen molar-refractivity contribution in [3.63, 3.8) is 0 Å². The Balaban J connectivity index is 2.24. The Morgan fingerprint density at radius 2 is 2.28 bits per heavy atom. The second-order valence-electron chi connectivity index (χ2n) is 3.99. The van der Waals surface area contributed by atoms with Gasteiger partial charge >= 0.3 is 5.97 Å². The standard InChI is InChI=1S/C12H13N3O2S/c1-8-5-10(11(16)17)14-12(13-8)15(2)6-9-3-4-18-7-9/h3-5,7H,6H2,1-2H3,(H,16,17). The molecule has 0 aliphatic rings. The average Bonchev–Trinajstić information content (AvgIpc) is 2.80. The van der Waals surface area contributed by atoms with Crippen molar-refractivity contribution >= 4 is 23.3 Å². The van der Waals surface area contributed by atoms with Crippen LogP contribution in [0.2, 0.25) is 0 Å². The molecule has 1 N–H and O–H groups in total. The highest BCUT2D eigenvalue weighted by Crippen LogP contribution is 2.14. The number of thiophene rings is 1. The first-order valence-corrected chi connectivity index (χ1v) is 6.32. The molecule has 6 heteroatoms. The number of hydrogen-bond acceptors (Lipinski definition) is 5. The lowest BCUT2D eigenvalue weighted by Crippen LogP contribution is -2.20. The summed E-state index contributed by atoms with van der Waals surface area (Å²) in [4.78, 5) is 21.1. The van der Waals surface area contributed by atoms with Crippen LogP contribution in [0, 0.1) is 6.92 Å². The van der Waals surface area contributed by atoms with Crippen LogP contribution in [-0.4, -0.2) is 28.1 Å². The Hall–Kier alpha value is -1.95. The second-order valence-corrected chi connectivity index (χ2v) is 4.77. The van der Waals surface area contributed by atoms with Gasteiger partial charge in [0.05, 0.1) is 0 Å². The number of rotatable bonds is 4. The maximum atomic E-state index is 10.9. The molecular formula is C12H13N3O2S. The monoisotopic (exact) mass is 263 g/mol. The molecule has 0 saturated carbocycles. The second kappa shape index (κ2) is 5.14. The van der Waals surface area contributed by atoms with Crippen molar-refractivity contribution in [3.05, 3.63) is 39.8 Å². The normalized spacial score (nSPS) is 10.3. The number of aromatic nitrogens is 2. The predicted octanol–water partition coefficient (Wildman–Crippen LogP) is 2.18. The highest BCUT2D eigenvalue weighted by atomic mass is 32.1. The lowest BCUT2D eigenvalue weighted by Gasteiger charge is -2.16. The largest absolute Gasteiger partial charge is 0.477 e. The van der Waals surface area contributed by atoms with Gasteiger partial charge in [-0.3, -0.25) is 0 Å². The zero-order valence-electron chi connectivity index (χ0n) is 10.1. The molecule has 94 valence electrons. The van der Waals surface area contributed by atoms with Gasteiger partial charge in [-0.2, -0.15) is 11.3 Å². The van der Waals surface area contributed by atoms with E-state index in [9.17, 15) is 4.79 Å². The zero-order chi connectivity index (χ0) is 13.1. The van der Waals surface area contributed by atoms with E-state index >= 15 is 0 Å². The maximum absolute atomic E-state index is 10.9. The van der Waals surface area contributed by atoms with Gasteiger partial charge in [0.25, 0.3) is 0 Å². The van der Waals surface area contributed by atoms with Crippen LogP contribution in [0.25, 0.3) is 0 Å². The summed E-state index contributed by atoms with van der Waals surface area (Å²) in [6.45, 7) is 2.42. The van der Waals surface area contributed by atoms with E-state index in [1.165, 1.54) is 6.07 Å². The minimum Gasteiger partial charge on any atom is -0.477 e. The summed E-state index contributed by atoms with van der Waals surface area (Å²) in [7, 11) is 1.85. The number of carboxylic acids is 1. The van der Waals surface area contributed by atoms with Gasteiger partial charge in [-0.1, -0.05) is 0 Å². The van der Waals surface area contributed by atoms with Crippen molar-refractivity contribution in [3.8, 4) is 0 Å².